The molecular weight excluding hydrogens is 388 g/mol. The van der Waals surface area contributed by atoms with Crippen molar-refractivity contribution in [3.8, 4) is 17.2 Å². The summed E-state index contributed by atoms with van der Waals surface area (Å²) in [7, 11) is 1.31. The van der Waals surface area contributed by atoms with Gasteiger partial charge in [0.05, 0.1) is 40.8 Å². The standard InChI is InChI=1S/C18H15ClN4O5/c1-27-17-8-13(6-7-16(17)23(25)26)28-11-18(24)21-12-9-20-22(10-12)15-5-3-2-4-14(15)19/h2-10H,11H2,1H3,(H,21,24). The van der Waals surface area contributed by atoms with E-state index in [4.69, 9.17) is 21.1 Å². The Balaban J connectivity index is 1.61. The maximum Gasteiger partial charge on any atom is 0.311 e. The Kier molecular flexibility index (Phi) is 5.75. The number of ether oxygens (including phenoxy) is 2. The van der Waals surface area contributed by atoms with Gasteiger partial charge in [0.1, 0.15) is 5.75 Å². The highest BCUT2D eigenvalue weighted by Crippen LogP contribution is 2.30. The van der Waals surface area contributed by atoms with Crippen molar-refractivity contribution >= 4 is 28.9 Å². The maximum atomic E-state index is 12.1. The molecule has 1 heterocycles. The van der Waals surface area contributed by atoms with Gasteiger partial charge in [-0.15, -0.1) is 0 Å². The molecule has 0 aliphatic heterocycles. The third-order valence-electron chi connectivity index (χ3n) is 3.68. The van der Waals surface area contributed by atoms with Crippen molar-refractivity contribution in [1.29, 1.82) is 0 Å². The summed E-state index contributed by atoms with van der Waals surface area (Å²) in [5, 5.41) is 18.2. The highest BCUT2D eigenvalue weighted by molar-refractivity contribution is 6.32. The summed E-state index contributed by atoms with van der Waals surface area (Å²) in [6, 6.07) is 11.2. The first-order valence-electron chi connectivity index (χ1n) is 8.02. The zero-order valence-corrected chi connectivity index (χ0v) is 15.4. The fourth-order valence-corrected chi connectivity index (χ4v) is 2.62. The van der Waals surface area contributed by atoms with Gasteiger partial charge in [-0.3, -0.25) is 14.9 Å². The Morgan fingerprint density at radius 3 is 2.82 bits per heavy atom. The fourth-order valence-electron chi connectivity index (χ4n) is 2.40. The van der Waals surface area contributed by atoms with Crippen LogP contribution in [0.5, 0.6) is 11.5 Å². The SMILES string of the molecule is COc1cc(OCC(=O)Nc2cnn(-c3ccccc3Cl)c2)ccc1[N+](=O)[O-]. The number of nitro benzene ring substituents is 1. The molecule has 0 radical (unpaired) electrons. The number of rotatable bonds is 7. The molecule has 28 heavy (non-hydrogen) atoms. The molecule has 1 N–H and O–H groups in total. The van der Waals surface area contributed by atoms with Gasteiger partial charge in [0.15, 0.2) is 6.61 Å². The number of hydrogen-bond donors (Lipinski definition) is 1. The minimum absolute atomic E-state index is 0.0453. The van der Waals surface area contributed by atoms with Gasteiger partial charge in [-0.2, -0.15) is 5.10 Å². The highest BCUT2D eigenvalue weighted by Gasteiger charge is 2.16. The Morgan fingerprint density at radius 1 is 1.32 bits per heavy atom. The second-order valence-electron chi connectivity index (χ2n) is 5.55. The predicted molar refractivity (Wildman–Crippen MR) is 102 cm³/mol. The molecule has 0 atom stereocenters. The van der Waals surface area contributed by atoms with E-state index in [0.29, 0.717) is 16.4 Å². The van der Waals surface area contributed by atoms with E-state index in [9.17, 15) is 14.9 Å². The number of hydrogen-bond acceptors (Lipinski definition) is 6. The first-order valence-corrected chi connectivity index (χ1v) is 8.40. The smallest absolute Gasteiger partial charge is 0.311 e. The van der Waals surface area contributed by atoms with E-state index in [-0.39, 0.29) is 23.8 Å². The second-order valence-corrected chi connectivity index (χ2v) is 5.96. The second kappa shape index (κ2) is 8.40. The normalized spacial score (nSPS) is 10.4. The van der Waals surface area contributed by atoms with Crippen LogP contribution in [0.1, 0.15) is 0 Å². The molecule has 0 bridgehead atoms. The quantitative estimate of drug-likeness (QED) is 0.479. The van der Waals surface area contributed by atoms with Crippen LogP contribution in [-0.4, -0.2) is 34.3 Å². The largest absolute Gasteiger partial charge is 0.490 e. The number of amides is 1. The lowest BCUT2D eigenvalue weighted by atomic mass is 10.3. The molecule has 0 saturated heterocycles. The van der Waals surface area contributed by atoms with Crippen molar-refractivity contribution in [3.63, 3.8) is 0 Å². The van der Waals surface area contributed by atoms with Crippen LogP contribution in [0.3, 0.4) is 0 Å². The van der Waals surface area contributed by atoms with Crippen LogP contribution in [0.2, 0.25) is 5.02 Å². The van der Waals surface area contributed by atoms with E-state index in [0.717, 1.165) is 0 Å². The van der Waals surface area contributed by atoms with Gasteiger partial charge >= 0.3 is 5.69 Å². The molecule has 1 aromatic heterocycles. The molecule has 0 spiro atoms. The van der Waals surface area contributed by atoms with Gasteiger partial charge in [-0.1, -0.05) is 23.7 Å². The van der Waals surface area contributed by atoms with Gasteiger partial charge in [-0.05, 0) is 18.2 Å². The van der Waals surface area contributed by atoms with Crippen molar-refractivity contribution in [1.82, 2.24) is 9.78 Å². The number of carbonyl (C=O) groups is 1. The molecular formula is C18H15ClN4O5. The lowest BCUT2D eigenvalue weighted by Gasteiger charge is -2.08. The zero-order chi connectivity index (χ0) is 20.1. The van der Waals surface area contributed by atoms with Gasteiger partial charge in [0.25, 0.3) is 5.91 Å². The van der Waals surface area contributed by atoms with Crippen LogP contribution in [0.4, 0.5) is 11.4 Å². The molecule has 0 aliphatic carbocycles. The van der Waals surface area contributed by atoms with E-state index in [1.54, 1.807) is 23.0 Å². The lowest BCUT2D eigenvalue weighted by molar-refractivity contribution is -0.385. The number of halogens is 1. The summed E-state index contributed by atoms with van der Waals surface area (Å²) in [6.07, 6.45) is 3.10. The molecule has 1 amide bonds. The average Bonchev–Trinajstić information content (AvgIpc) is 3.14. The van der Waals surface area contributed by atoms with E-state index >= 15 is 0 Å². The molecule has 10 heteroatoms. The molecule has 0 unspecified atom stereocenters. The first-order chi connectivity index (χ1) is 13.5. The first kappa shape index (κ1) is 19.2. The number of nitro groups is 1. The van der Waals surface area contributed by atoms with Gasteiger partial charge in [0.2, 0.25) is 5.75 Å². The van der Waals surface area contributed by atoms with Crippen LogP contribution in [0, 0.1) is 10.1 Å². The Labute approximate surface area is 164 Å². The van der Waals surface area contributed by atoms with Crippen LogP contribution in [0.25, 0.3) is 5.69 Å². The number of para-hydroxylation sites is 1. The molecule has 3 rings (SSSR count). The van der Waals surface area contributed by atoms with E-state index in [1.807, 2.05) is 12.1 Å². The van der Waals surface area contributed by atoms with Crippen LogP contribution in [0.15, 0.2) is 54.9 Å². The predicted octanol–water partition coefficient (Wildman–Crippen LogP) is 3.46. The highest BCUT2D eigenvalue weighted by atomic mass is 35.5. The van der Waals surface area contributed by atoms with E-state index < -0.39 is 10.8 Å². The summed E-state index contributed by atoms with van der Waals surface area (Å²) in [5.74, 6) is -0.107. The molecule has 0 fully saturated rings. The number of nitrogens with one attached hydrogen (secondary N) is 1. The minimum atomic E-state index is -0.564. The number of aromatic nitrogens is 2. The Bertz CT molecular complexity index is 1020. The minimum Gasteiger partial charge on any atom is -0.490 e. The number of carbonyl (C=O) groups excluding carboxylic acids is 1. The van der Waals surface area contributed by atoms with Crippen LogP contribution >= 0.6 is 11.6 Å². The molecule has 3 aromatic rings. The van der Waals surface area contributed by atoms with Crippen molar-refractivity contribution in [2.75, 3.05) is 19.0 Å². The van der Waals surface area contributed by atoms with Gasteiger partial charge in [-0.25, -0.2) is 4.68 Å². The lowest BCUT2D eigenvalue weighted by Crippen LogP contribution is -2.19. The van der Waals surface area contributed by atoms with Gasteiger partial charge in [0, 0.05) is 12.1 Å². The third kappa shape index (κ3) is 4.38. The zero-order valence-electron chi connectivity index (χ0n) is 14.7. The van der Waals surface area contributed by atoms with Crippen LogP contribution < -0.4 is 14.8 Å². The summed E-state index contributed by atoms with van der Waals surface area (Å²) < 4.78 is 11.9. The summed E-state index contributed by atoms with van der Waals surface area (Å²) in [5.41, 5.74) is 0.958. The average molecular weight is 403 g/mol. The van der Waals surface area contributed by atoms with E-state index in [1.165, 1.54) is 31.5 Å². The van der Waals surface area contributed by atoms with Gasteiger partial charge < -0.3 is 14.8 Å². The van der Waals surface area contributed by atoms with Crippen molar-refractivity contribution in [2.24, 2.45) is 0 Å². The van der Waals surface area contributed by atoms with Crippen molar-refractivity contribution in [2.45, 2.75) is 0 Å². The molecule has 144 valence electrons. The fraction of sp³-hybridized carbons (Fsp3) is 0.111. The summed E-state index contributed by atoms with van der Waals surface area (Å²) >= 11 is 6.13. The number of methoxy groups -OCH3 is 1. The number of benzene rings is 2. The maximum absolute atomic E-state index is 12.1. The molecule has 0 aliphatic rings. The molecule has 0 saturated carbocycles. The Hall–Kier alpha value is -3.59. The number of nitrogens with zero attached hydrogens (tertiary/aromatic N) is 3. The topological polar surface area (TPSA) is 109 Å². The van der Waals surface area contributed by atoms with Crippen molar-refractivity contribution < 1.29 is 19.2 Å². The molecule has 9 nitrogen and oxygen atoms in total. The monoisotopic (exact) mass is 402 g/mol. The van der Waals surface area contributed by atoms with E-state index in [2.05, 4.69) is 10.4 Å². The summed E-state index contributed by atoms with van der Waals surface area (Å²) in [4.78, 5) is 22.4. The number of anilines is 1. The summed E-state index contributed by atoms with van der Waals surface area (Å²) in [6.45, 7) is -0.293. The Morgan fingerprint density at radius 2 is 2.11 bits per heavy atom. The third-order valence-corrected chi connectivity index (χ3v) is 4.00. The van der Waals surface area contributed by atoms with Crippen molar-refractivity contribution in [3.05, 3.63) is 70.0 Å². The van der Waals surface area contributed by atoms with Crippen LogP contribution in [-0.2, 0) is 4.79 Å². The molecule has 2 aromatic carbocycles.